The Hall–Kier alpha value is -3.62. The molecule has 0 saturated carbocycles. The summed E-state index contributed by atoms with van der Waals surface area (Å²) in [5.74, 6) is -0.285. The fourth-order valence-electron chi connectivity index (χ4n) is 4.31. The molecule has 0 amide bonds. The first-order valence-corrected chi connectivity index (χ1v) is 11.7. The van der Waals surface area contributed by atoms with Crippen molar-refractivity contribution in [3.63, 3.8) is 0 Å². The Bertz CT molecular complexity index is 1410. The third kappa shape index (κ3) is 3.48. The highest BCUT2D eigenvalue weighted by atomic mass is 32.1. The van der Waals surface area contributed by atoms with E-state index in [1.54, 1.807) is 29.7 Å². The zero-order valence-corrected chi connectivity index (χ0v) is 18.9. The molecule has 6 rings (SSSR count). The van der Waals surface area contributed by atoms with Gasteiger partial charge in [-0.15, -0.1) is 0 Å². The minimum absolute atomic E-state index is 0.188. The summed E-state index contributed by atoms with van der Waals surface area (Å²) in [4.78, 5) is 11.5. The zero-order chi connectivity index (χ0) is 22.4. The number of para-hydroxylation sites is 1. The molecule has 0 bridgehead atoms. The van der Waals surface area contributed by atoms with Crippen LogP contribution in [-0.4, -0.2) is 19.6 Å². The number of pyridine rings is 1. The van der Waals surface area contributed by atoms with E-state index in [0.717, 1.165) is 32.4 Å². The fourth-order valence-corrected chi connectivity index (χ4v) is 5.62. The number of rotatable bonds is 4. The number of anilines is 1. The van der Waals surface area contributed by atoms with Gasteiger partial charge < -0.3 is 10.2 Å². The Labute approximate surface area is 199 Å². The van der Waals surface area contributed by atoms with Crippen molar-refractivity contribution in [2.75, 3.05) is 4.90 Å². The number of hydrogen-bond donors (Lipinski definition) is 1. The molecule has 8 heteroatoms. The van der Waals surface area contributed by atoms with Crippen LogP contribution in [0.3, 0.4) is 0 Å². The Morgan fingerprint density at radius 1 is 0.939 bits per heavy atom. The van der Waals surface area contributed by atoms with Crippen LogP contribution in [-0.2, 0) is 0 Å². The number of hydrogen-bond acceptors (Lipinski definition) is 4. The third-order valence-corrected chi connectivity index (χ3v) is 7.13. The number of nitrogens with one attached hydrogen (secondary N) is 1. The minimum Gasteiger partial charge on any atom is -0.351 e. The van der Waals surface area contributed by atoms with E-state index >= 15 is 0 Å². The van der Waals surface area contributed by atoms with Crippen LogP contribution in [0.25, 0.3) is 15.3 Å². The number of fused-ring (bicyclic) bond motifs is 1. The summed E-state index contributed by atoms with van der Waals surface area (Å²) in [5, 5.41) is 4.90. The Kier molecular flexibility index (Phi) is 4.89. The van der Waals surface area contributed by atoms with Crippen molar-refractivity contribution in [3.8, 4) is 5.13 Å². The number of thiazole rings is 1. The predicted octanol–water partition coefficient (Wildman–Crippen LogP) is 5.80. The summed E-state index contributed by atoms with van der Waals surface area (Å²) in [6.07, 6.45) is 3.80. The van der Waals surface area contributed by atoms with E-state index in [1.165, 1.54) is 12.1 Å². The van der Waals surface area contributed by atoms with E-state index in [-0.39, 0.29) is 17.9 Å². The molecular formula is C25H18FN5S2. The standard InChI is InChI=1S/C25H18FN5S2/c26-16-10-12-17(13-11-16)31-23(22(29-24(31)32)19-7-3-4-14-27-19)20-8-5-15-30(20)25-28-18-6-1-2-9-21(18)33-25/h1-15,22-23H,(H,29,32)/t22-,23-/m0/s1. The van der Waals surface area contributed by atoms with Crippen LogP contribution in [0.1, 0.15) is 23.5 Å². The second kappa shape index (κ2) is 8.06. The largest absolute Gasteiger partial charge is 0.351 e. The fraction of sp³-hybridized carbons (Fsp3) is 0.0800. The van der Waals surface area contributed by atoms with E-state index < -0.39 is 0 Å². The quantitative estimate of drug-likeness (QED) is 0.336. The van der Waals surface area contributed by atoms with Crippen molar-refractivity contribution in [3.05, 3.63) is 108 Å². The normalized spacial score (nSPS) is 18.1. The lowest BCUT2D eigenvalue weighted by molar-refractivity contribution is 0.549. The van der Waals surface area contributed by atoms with Gasteiger partial charge in [0, 0.05) is 18.1 Å². The predicted molar refractivity (Wildman–Crippen MR) is 133 cm³/mol. The molecule has 0 radical (unpaired) electrons. The Morgan fingerprint density at radius 2 is 1.76 bits per heavy atom. The highest BCUT2D eigenvalue weighted by Gasteiger charge is 2.42. The molecule has 4 heterocycles. The van der Waals surface area contributed by atoms with Gasteiger partial charge in [0.15, 0.2) is 10.2 Å². The summed E-state index contributed by atoms with van der Waals surface area (Å²) in [6.45, 7) is 0. The van der Waals surface area contributed by atoms with Crippen LogP contribution in [0, 0.1) is 5.82 Å². The summed E-state index contributed by atoms with van der Waals surface area (Å²) in [5.41, 5.74) is 3.68. The Balaban J connectivity index is 1.51. The van der Waals surface area contributed by atoms with Crippen LogP contribution in [0.4, 0.5) is 10.1 Å². The van der Waals surface area contributed by atoms with Gasteiger partial charge in [0.25, 0.3) is 0 Å². The summed E-state index contributed by atoms with van der Waals surface area (Å²) in [6, 6.07) is 24.1. The highest BCUT2D eigenvalue weighted by molar-refractivity contribution is 7.80. The SMILES string of the molecule is Fc1ccc(N2C(=S)N[C@@H](c3ccccn3)[C@@H]2c2cccn2-c2nc3ccccc3s2)cc1. The first-order chi connectivity index (χ1) is 16.2. The molecule has 5 aromatic rings. The van der Waals surface area contributed by atoms with E-state index in [9.17, 15) is 4.39 Å². The first kappa shape index (κ1) is 20.0. The van der Waals surface area contributed by atoms with E-state index in [0.29, 0.717) is 5.11 Å². The van der Waals surface area contributed by atoms with Gasteiger partial charge in [-0.25, -0.2) is 9.37 Å². The van der Waals surface area contributed by atoms with Crippen LogP contribution in [0.15, 0.2) is 91.3 Å². The second-order valence-corrected chi connectivity index (χ2v) is 9.14. The number of benzene rings is 2. The lowest BCUT2D eigenvalue weighted by Gasteiger charge is -2.28. The van der Waals surface area contributed by atoms with Gasteiger partial charge in [0.2, 0.25) is 0 Å². The van der Waals surface area contributed by atoms with Gasteiger partial charge in [-0.05, 0) is 72.9 Å². The summed E-state index contributed by atoms with van der Waals surface area (Å²) in [7, 11) is 0. The first-order valence-electron chi connectivity index (χ1n) is 10.5. The van der Waals surface area contributed by atoms with E-state index in [4.69, 9.17) is 17.2 Å². The molecule has 0 unspecified atom stereocenters. The molecule has 1 aliphatic heterocycles. The number of halogens is 1. The van der Waals surface area contributed by atoms with Crippen molar-refractivity contribution < 1.29 is 4.39 Å². The average Bonchev–Trinajstić information content (AvgIpc) is 3.56. The van der Waals surface area contributed by atoms with Gasteiger partial charge in [-0.2, -0.15) is 0 Å². The lowest BCUT2D eigenvalue weighted by atomic mass is 10.0. The second-order valence-electron chi connectivity index (χ2n) is 7.74. The van der Waals surface area contributed by atoms with Crippen molar-refractivity contribution in [2.45, 2.75) is 12.1 Å². The average molecular weight is 472 g/mol. The summed E-state index contributed by atoms with van der Waals surface area (Å²) >= 11 is 7.41. The topological polar surface area (TPSA) is 46.0 Å². The molecule has 1 saturated heterocycles. The third-order valence-electron chi connectivity index (χ3n) is 5.77. The molecule has 33 heavy (non-hydrogen) atoms. The molecular weight excluding hydrogens is 453 g/mol. The van der Waals surface area contributed by atoms with Gasteiger partial charge in [-0.1, -0.05) is 29.5 Å². The number of aromatic nitrogens is 3. The van der Waals surface area contributed by atoms with Gasteiger partial charge in [0.05, 0.1) is 27.6 Å². The minimum atomic E-state index is -0.285. The molecule has 1 fully saturated rings. The van der Waals surface area contributed by atoms with Crippen LogP contribution < -0.4 is 10.2 Å². The molecule has 5 nitrogen and oxygen atoms in total. The molecule has 0 aliphatic carbocycles. The maximum absolute atomic E-state index is 13.7. The van der Waals surface area contributed by atoms with Crippen molar-refractivity contribution in [1.29, 1.82) is 0 Å². The molecule has 2 atom stereocenters. The van der Waals surface area contributed by atoms with Gasteiger partial charge in [-0.3, -0.25) is 9.55 Å². The summed E-state index contributed by atoms with van der Waals surface area (Å²) < 4.78 is 16.9. The monoisotopic (exact) mass is 471 g/mol. The van der Waals surface area contributed by atoms with Crippen LogP contribution in [0.5, 0.6) is 0 Å². The van der Waals surface area contributed by atoms with Crippen molar-refractivity contribution in [1.82, 2.24) is 19.9 Å². The molecule has 3 aromatic heterocycles. The van der Waals surface area contributed by atoms with Crippen LogP contribution in [0.2, 0.25) is 0 Å². The van der Waals surface area contributed by atoms with Crippen molar-refractivity contribution in [2.24, 2.45) is 0 Å². The maximum atomic E-state index is 13.7. The highest BCUT2D eigenvalue weighted by Crippen LogP contribution is 2.42. The number of thiocarbonyl (C=S) groups is 1. The zero-order valence-electron chi connectivity index (χ0n) is 17.3. The smallest absolute Gasteiger partial charge is 0.194 e. The molecule has 0 spiro atoms. The Morgan fingerprint density at radius 3 is 2.55 bits per heavy atom. The van der Waals surface area contributed by atoms with E-state index in [2.05, 4.69) is 27.0 Å². The lowest BCUT2D eigenvalue weighted by Crippen LogP contribution is -2.30. The van der Waals surface area contributed by atoms with Crippen molar-refractivity contribution >= 4 is 44.6 Å². The maximum Gasteiger partial charge on any atom is 0.194 e. The molecule has 2 aromatic carbocycles. The molecule has 1 N–H and O–H groups in total. The van der Waals surface area contributed by atoms with Crippen LogP contribution >= 0.6 is 23.6 Å². The molecule has 162 valence electrons. The number of nitrogens with zero attached hydrogens (tertiary/aromatic N) is 4. The molecule has 1 aliphatic rings. The van der Waals surface area contributed by atoms with E-state index in [1.807, 2.05) is 53.6 Å². The van der Waals surface area contributed by atoms with Gasteiger partial charge in [0.1, 0.15) is 11.9 Å². The van der Waals surface area contributed by atoms with Gasteiger partial charge >= 0.3 is 0 Å².